The van der Waals surface area contributed by atoms with Crippen LogP contribution < -0.4 is 0 Å². The van der Waals surface area contributed by atoms with Crippen LogP contribution in [-0.4, -0.2) is 14.7 Å². The second-order valence-corrected chi connectivity index (χ2v) is 4.76. The van der Waals surface area contributed by atoms with Gasteiger partial charge in [-0.05, 0) is 17.7 Å². The van der Waals surface area contributed by atoms with Crippen molar-refractivity contribution >= 4 is 15.9 Å². The number of benzene rings is 1. The van der Waals surface area contributed by atoms with Gasteiger partial charge < -0.3 is 0 Å². The van der Waals surface area contributed by atoms with Crippen LogP contribution in [-0.2, 0) is 9.84 Å². The molecule has 72 valence electrons. The Kier molecular flexibility index (Phi) is 3.05. The third-order valence-corrected chi connectivity index (χ3v) is 2.21. The number of sulfone groups is 1. The third kappa shape index (κ3) is 3.04. The van der Waals surface area contributed by atoms with Gasteiger partial charge in [0.05, 0.1) is 11.6 Å². The third-order valence-electron chi connectivity index (χ3n) is 1.58. The molecule has 0 N–H and O–H groups in total. The van der Waals surface area contributed by atoms with Crippen LogP contribution in [0.3, 0.4) is 0 Å². The van der Waals surface area contributed by atoms with Crippen LogP contribution in [0, 0.1) is 11.3 Å². The van der Waals surface area contributed by atoms with Crippen LogP contribution >= 0.6 is 0 Å². The van der Waals surface area contributed by atoms with E-state index in [1.165, 1.54) is 6.08 Å². The molecule has 0 unspecified atom stereocenters. The predicted octanol–water partition coefficient (Wildman–Crippen LogP) is 1.57. The van der Waals surface area contributed by atoms with E-state index < -0.39 is 9.84 Å². The standard InChI is InChI=1S/C10H9NO2S/c1-14(12,13)7-6-9-4-2-3-5-10(9)8-11/h2-7H,1H3. The number of nitriles is 1. The molecule has 3 nitrogen and oxygen atoms in total. The molecule has 0 aliphatic heterocycles. The molecular formula is C10H9NO2S. The highest BCUT2D eigenvalue weighted by molar-refractivity contribution is 7.93. The fourth-order valence-corrected chi connectivity index (χ4v) is 1.33. The lowest BCUT2D eigenvalue weighted by Gasteiger charge is -1.95. The minimum Gasteiger partial charge on any atom is -0.225 e. The van der Waals surface area contributed by atoms with E-state index in [4.69, 9.17) is 5.26 Å². The molecule has 0 spiro atoms. The molecule has 1 rings (SSSR count). The Balaban J connectivity index is 3.11. The van der Waals surface area contributed by atoms with Crippen molar-refractivity contribution in [3.8, 4) is 6.07 Å². The molecule has 0 bridgehead atoms. The molecule has 14 heavy (non-hydrogen) atoms. The van der Waals surface area contributed by atoms with Crippen molar-refractivity contribution in [1.82, 2.24) is 0 Å². The lowest BCUT2D eigenvalue weighted by atomic mass is 10.1. The van der Waals surface area contributed by atoms with Crippen molar-refractivity contribution in [2.24, 2.45) is 0 Å². The normalized spacial score (nSPS) is 11.4. The van der Waals surface area contributed by atoms with E-state index in [1.54, 1.807) is 24.3 Å². The van der Waals surface area contributed by atoms with E-state index in [0.29, 0.717) is 11.1 Å². The first kappa shape index (κ1) is 10.5. The molecule has 0 fully saturated rings. The highest BCUT2D eigenvalue weighted by Crippen LogP contribution is 2.09. The summed E-state index contributed by atoms with van der Waals surface area (Å²) in [7, 11) is -3.14. The topological polar surface area (TPSA) is 57.9 Å². The molecule has 1 aromatic carbocycles. The van der Waals surface area contributed by atoms with Crippen molar-refractivity contribution in [2.45, 2.75) is 0 Å². The highest BCUT2D eigenvalue weighted by atomic mass is 32.2. The second-order valence-electron chi connectivity index (χ2n) is 2.83. The molecule has 0 aliphatic carbocycles. The van der Waals surface area contributed by atoms with Gasteiger partial charge in [-0.1, -0.05) is 18.2 Å². The molecule has 4 heteroatoms. The van der Waals surface area contributed by atoms with Crippen molar-refractivity contribution < 1.29 is 8.42 Å². The fraction of sp³-hybridized carbons (Fsp3) is 0.100. The van der Waals surface area contributed by atoms with E-state index in [9.17, 15) is 8.42 Å². The van der Waals surface area contributed by atoms with Gasteiger partial charge in [-0.25, -0.2) is 8.42 Å². The van der Waals surface area contributed by atoms with Gasteiger partial charge in [0.15, 0.2) is 9.84 Å². The molecule has 0 heterocycles. The molecule has 0 atom stereocenters. The van der Waals surface area contributed by atoms with Crippen molar-refractivity contribution in [2.75, 3.05) is 6.26 Å². The molecule has 0 radical (unpaired) electrons. The minimum absolute atomic E-state index is 0.465. The van der Waals surface area contributed by atoms with E-state index in [-0.39, 0.29) is 0 Å². The van der Waals surface area contributed by atoms with Gasteiger partial charge in [-0.15, -0.1) is 0 Å². The zero-order chi connectivity index (χ0) is 10.6. The Morgan fingerprint density at radius 3 is 2.57 bits per heavy atom. The Bertz CT molecular complexity index is 495. The van der Waals surface area contributed by atoms with Crippen LogP contribution in [0.2, 0.25) is 0 Å². The van der Waals surface area contributed by atoms with E-state index in [1.807, 2.05) is 6.07 Å². The molecule has 0 saturated carbocycles. The summed E-state index contributed by atoms with van der Waals surface area (Å²) >= 11 is 0. The molecule has 1 aromatic rings. The van der Waals surface area contributed by atoms with Crippen molar-refractivity contribution in [3.05, 3.63) is 40.8 Å². The second kappa shape index (κ2) is 4.07. The SMILES string of the molecule is CS(=O)(=O)C=Cc1ccccc1C#N. The summed E-state index contributed by atoms with van der Waals surface area (Å²) < 4.78 is 21.7. The Morgan fingerprint density at radius 1 is 1.36 bits per heavy atom. The first-order chi connectivity index (χ1) is 6.53. The minimum atomic E-state index is -3.14. The van der Waals surface area contributed by atoms with Gasteiger partial charge in [0, 0.05) is 11.7 Å². The van der Waals surface area contributed by atoms with Gasteiger partial charge in [-0.2, -0.15) is 5.26 Å². The Morgan fingerprint density at radius 2 is 2.00 bits per heavy atom. The summed E-state index contributed by atoms with van der Waals surface area (Å²) in [6.45, 7) is 0. The molecule has 0 aliphatic rings. The summed E-state index contributed by atoms with van der Waals surface area (Å²) in [5.41, 5.74) is 1.08. The van der Waals surface area contributed by atoms with E-state index >= 15 is 0 Å². The number of hydrogen-bond donors (Lipinski definition) is 0. The maximum Gasteiger partial charge on any atom is 0.168 e. The first-order valence-corrected chi connectivity index (χ1v) is 5.85. The van der Waals surface area contributed by atoms with Gasteiger partial charge in [0.1, 0.15) is 0 Å². The summed E-state index contributed by atoms with van der Waals surface area (Å²) in [6, 6.07) is 8.81. The number of nitrogens with zero attached hydrogens (tertiary/aromatic N) is 1. The average Bonchev–Trinajstić information content (AvgIpc) is 2.14. The Labute approximate surface area is 83.2 Å². The lowest BCUT2D eigenvalue weighted by molar-refractivity contribution is 0.610. The van der Waals surface area contributed by atoms with Crippen LogP contribution in [0.15, 0.2) is 29.7 Å². The summed E-state index contributed by atoms with van der Waals surface area (Å²) in [5.74, 6) is 0. The van der Waals surface area contributed by atoms with Crippen molar-refractivity contribution in [3.63, 3.8) is 0 Å². The van der Waals surface area contributed by atoms with Crippen LogP contribution in [0.5, 0.6) is 0 Å². The lowest BCUT2D eigenvalue weighted by Crippen LogP contribution is -1.88. The molecule has 0 aromatic heterocycles. The first-order valence-electron chi connectivity index (χ1n) is 3.90. The average molecular weight is 207 g/mol. The number of rotatable bonds is 2. The molecule has 0 saturated heterocycles. The zero-order valence-corrected chi connectivity index (χ0v) is 8.45. The van der Waals surface area contributed by atoms with E-state index in [2.05, 4.69) is 0 Å². The van der Waals surface area contributed by atoms with Crippen LogP contribution in [0.4, 0.5) is 0 Å². The van der Waals surface area contributed by atoms with Crippen molar-refractivity contribution in [1.29, 1.82) is 5.26 Å². The van der Waals surface area contributed by atoms with Gasteiger partial charge >= 0.3 is 0 Å². The highest BCUT2D eigenvalue weighted by Gasteiger charge is 1.98. The summed E-state index contributed by atoms with van der Waals surface area (Å²) in [6.07, 6.45) is 2.53. The number of hydrogen-bond acceptors (Lipinski definition) is 3. The zero-order valence-electron chi connectivity index (χ0n) is 7.64. The quantitative estimate of drug-likeness (QED) is 0.739. The van der Waals surface area contributed by atoms with Gasteiger partial charge in [0.2, 0.25) is 0 Å². The van der Waals surface area contributed by atoms with Gasteiger partial charge in [0.25, 0.3) is 0 Å². The van der Waals surface area contributed by atoms with Crippen LogP contribution in [0.25, 0.3) is 6.08 Å². The van der Waals surface area contributed by atoms with Crippen LogP contribution in [0.1, 0.15) is 11.1 Å². The molecule has 0 amide bonds. The molecular weight excluding hydrogens is 198 g/mol. The smallest absolute Gasteiger partial charge is 0.168 e. The monoisotopic (exact) mass is 207 g/mol. The Hall–Kier alpha value is -1.60. The van der Waals surface area contributed by atoms with E-state index in [0.717, 1.165) is 11.7 Å². The van der Waals surface area contributed by atoms with Gasteiger partial charge in [-0.3, -0.25) is 0 Å². The predicted molar refractivity (Wildman–Crippen MR) is 55.0 cm³/mol. The summed E-state index contributed by atoms with van der Waals surface area (Å²) in [4.78, 5) is 0. The maximum absolute atomic E-state index is 10.8. The fourth-order valence-electron chi connectivity index (χ4n) is 0.941. The maximum atomic E-state index is 10.8. The summed E-state index contributed by atoms with van der Waals surface area (Å²) in [5, 5.41) is 9.80. The largest absolute Gasteiger partial charge is 0.225 e.